The van der Waals surface area contributed by atoms with Crippen LogP contribution in [0.1, 0.15) is 18.7 Å². The van der Waals surface area contributed by atoms with E-state index in [0.717, 1.165) is 31.8 Å². The molecule has 0 saturated carbocycles. The number of aryl methyl sites for hydroxylation is 1. The van der Waals surface area contributed by atoms with Gasteiger partial charge in [-0.2, -0.15) is 0 Å². The first kappa shape index (κ1) is 17.7. The summed E-state index contributed by atoms with van der Waals surface area (Å²) in [5.41, 5.74) is 0.606. The zero-order valence-electron chi connectivity index (χ0n) is 15.2. The fourth-order valence-corrected chi connectivity index (χ4v) is 3.57. The first-order chi connectivity index (χ1) is 13.1. The molecule has 27 heavy (non-hydrogen) atoms. The average Bonchev–Trinajstić information content (AvgIpc) is 2.68. The smallest absolute Gasteiger partial charge is 0.261 e. The fourth-order valence-electron chi connectivity index (χ4n) is 3.57. The summed E-state index contributed by atoms with van der Waals surface area (Å²) in [6, 6.07) is 11.1. The lowest BCUT2D eigenvalue weighted by molar-refractivity contribution is 0.330. The summed E-state index contributed by atoms with van der Waals surface area (Å²) in [5.74, 6) is 1.89. The van der Waals surface area contributed by atoms with Crippen LogP contribution in [-0.2, 0) is 6.54 Å². The van der Waals surface area contributed by atoms with Gasteiger partial charge in [0.05, 0.1) is 10.9 Å². The largest absolute Gasteiger partial charge is 0.457 e. The van der Waals surface area contributed by atoms with E-state index < -0.39 is 0 Å². The fraction of sp³-hybridized carbons (Fsp3) is 0.333. The number of aromatic nitrogens is 2. The number of nitrogens with zero attached hydrogens (tertiary/aromatic N) is 2. The number of benzene rings is 2. The molecule has 0 unspecified atom stereocenters. The van der Waals surface area contributed by atoms with Crippen molar-refractivity contribution < 1.29 is 9.13 Å². The van der Waals surface area contributed by atoms with Crippen LogP contribution < -0.4 is 15.6 Å². The number of rotatable bonds is 4. The predicted octanol–water partition coefficient (Wildman–Crippen LogP) is 3.64. The van der Waals surface area contributed by atoms with Crippen molar-refractivity contribution in [2.75, 3.05) is 13.1 Å². The molecular weight excluding hydrogens is 345 g/mol. The maximum atomic E-state index is 13.1. The molecule has 2 heterocycles. The number of piperidine rings is 1. The third kappa shape index (κ3) is 3.85. The first-order valence-corrected chi connectivity index (χ1v) is 9.25. The van der Waals surface area contributed by atoms with Gasteiger partial charge in [-0.3, -0.25) is 9.36 Å². The lowest BCUT2D eigenvalue weighted by atomic mass is 9.99. The van der Waals surface area contributed by atoms with Gasteiger partial charge in [-0.1, -0.05) is 0 Å². The standard InChI is InChI=1S/C21H22FN3O2/c1-14-24-20-9-8-18(27-17-6-4-16(22)5-7-17)11-19(20)21(26)25(14)13-15-3-2-10-23-12-15/h4-9,11,15,23H,2-3,10,12-13H2,1H3/t15-/m0/s1. The summed E-state index contributed by atoms with van der Waals surface area (Å²) < 4.78 is 20.6. The Hall–Kier alpha value is -2.73. The minimum Gasteiger partial charge on any atom is -0.457 e. The molecule has 140 valence electrons. The summed E-state index contributed by atoms with van der Waals surface area (Å²) in [4.78, 5) is 17.7. The molecule has 4 rings (SSSR count). The Labute approximate surface area is 156 Å². The Balaban J connectivity index is 1.67. The molecule has 1 saturated heterocycles. The summed E-state index contributed by atoms with van der Waals surface area (Å²) >= 11 is 0. The van der Waals surface area contributed by atoms with Gasteiger partial charge >= 0.3 is 0 Å². The highest BCUT2D eigenvalue weighted by Gasteiger charge is 2.17. The molecule has 0 radical (unpaired) electrons. The van der Waals surface area contributed by atoms with Gasteiger partial charge in [0.25, 0.3) is 5.56 Å². The van der Waals surface area contributed by atoms with E-state index in [9.17, 15) is 9.18 Å². The Morgan fingerprint density at radius 1 is 1.22 bits per heavy atom. The van der Waals surface area contributed by atoms with Crippen LogP contribution in [0.25, 0.3) is 10.9 Å². The second-order valence-electron chi connectivity index (χ2n) is 7.02. The molecule has 5 nitrogen and oxygen atoms in total. The summed E-state index contributed by atoms with van der Waals surface area (Å²) in [6.07, 6.45) is 2.25. The van der Waals surface area contributed by atoms with Gasteiger partial charge in [0, 0.05) is 6.54 Å². The quantitative estimate of drug-likeness (QED) is 0.765. The van der Waals surface area contributed by atoms with Gasteiger partial charge in [0.2, 0.25) is 0 Å². The van der Waals surface area contributed by atoms with E-state index in [1.807, 2.05) is 6.92 Å². The van der Waals surface area contributed by atoms with E-state index in [1.54, 1.807) is 34.9 Å². The summed E-state index contributed by atoms with van der Waals surface area (Å²) in [7, 11) is 0. The van der Waals surface area contributed by atoms with Gasteiger partial charge in [0.15, 0.2) is 0 Å². The van der Waals surface area contributed by atoms with Crippen molar-refractivity contribution in [2.24, 2.45) is 5.92 Å². The molecule has 1 N–H and O–H groups in total. The topological polar surface area (TPSA) is 56.1 Å². The van der Waals surface area contributed by atoms with Crippen LogP contribution in [0.4, 0.5) is 4.39 Å². The Bertz CT molecular complexity index is 1010. The number of hydrogen-bond acceptors (Lipinski definition) is 4. The normalized spacial score (nSPS) is 17.2. The first-order valence-electron chi connectivity index (χ1n) is 9.25. The maximum absolute atomic E-state index is 13.1. The Morgan fingerprint density at radius 3 is 2.74 bits per heavy atom. The number of halogens is 1. The molecule has 1 atom stereocenters. The lowest BCUT2D eigenvalue weighted by Gasteiger charge is -2.24. The maximum Gasteiger partial charge on any atom is 0.261 e. The third-order valence-electron chi connectivity index (χ3n) is 5.01. The van der Waals surface area contributed by atoms with E-state index in [-0.39, 0.29) is 11.4 Å². The molecule has 1 fully saturated rings. The van der Waals surface area contributed by atoms with Crippen molar-refractivity contribution in [2.45, 2.75) is 26.3 Å². The predicted molar refractivity (Wildman–Crippen MR) is 103 cm³/mol. The van der Waals surface area contributed by atoms with Crippen molar-refractivity contribution >= 4 is 10.9 Å². The van der Waals surface area contributed by atoms with Crippen molar-refractivity contribution in [1.82, 2.24) is 14.9 Å². The number of fused-ring (bicyclic) bond motifs is 1. The van der Waals surface area contributed by atoms with Gasteiger partial charge in [-0.05, 0) is 81.2 Å². The van der Waals surface area contributed by atoms with Crippen LogP contribution in [0.5, 0.6) is 11.5 Å². The van der Waals surface area contributed by atoms with Crippen molar-refractivity contribution in [3.8, 4) is 11.5 Å². The van der Waals surface area contributed by atoms with Gasteiger partial charge in [0.1, 0.15) is 23.1 Å². The second kappa shape index (κ2) is 7.48. The third-order valence-corrected chi connectivity index (χ3v) is 5.01. The monoisotopic (exact) mass is 367 g/mol. The molecule has 1 aromatic heterocycles. The number of hydrogen-bond donors (Lipinski definition) is 1. The molecular formula is C21H22FN3O2. The van der Waals surface area contributed by atoms with Crippen LogP contribution >= 0.6 is 0 Å². The lowest BCUT2D eigenvalue weighted by Crippen LogP contribution is -2.35. The summed E-state index contributed by atoms with van der Waals surface area (Å²) in [6.45, 7) is 4.52. The van der Waals surface area contributed by atoms with Gasteiger partial charge < -0.3 is 10.1 Å². The highest BCUT2D eigenvalue weighted by Crippen LogP contribution is 2.24. The molecule has 0 aliphatic carbocycles. The minimum absolute atomic E-state index is 0.0485. The second-order valence-corrected chi connectivity index (χ2v) is 7.02. The van der Waals surface area contributed by atoms with E-state index in [2.05, 4.69) is 10.3 Å². The molecule has 0 amide bonds. The van der Waals surface area contributed by atoms with E-state index >= 15 is 0 Å². The molecule has 0 spiro atoms. The van der Waals surface area contributed by atoms with Gasteiger partial charge in [-0.25, -0.2) is 9.37 Å². The van der Waals surface area contributed by atoms with Crippen LogP contribution in [0, 0.1) is 18.7 Å². The zero-order chi connectivity index (χ0) is 18.8. The van der Waals surface area contributed by atoms with Gasteiger partial charge in [-0.15, -0.1) is 0 Å². The minimum atomic E-state index is -0.319. The Morgan fingerprint density at radius 2 is 2.00 bits per heavy atom. The Kier molecular flexibility index (Phi) is 4.90. The zero-order valence-corrected chi connectivity index (χ0v) is 15.2. The molecule has 1 aliphatic heterocycles. The average molecular weight is 367 g/mol. The number of nitrogens with one attached hydrogen (secondary N) is 1. The molecule has 3 aromatic rings. The van der Waals surface area contributed by atoms with E-state index in [4.69, 9.17) is 4.74 Å². The molecule has 1 aliphatic rings. The van der Waals surface area contributed by atoms with Crippen LogP contribution in [0.2, 0.25) is 0 Å². The van der Waals surface area contributed by atoms with Crippen LogP contribution in [-0.4, -0.2) is 22.6 Å². The van der Waals surface area contributed by atoms with Crippen molar-refractivity contribution in [3.63, 3.8) is 0 Å². The van der Waals surface area contributed by atoms with Crippen molar-refractivity contribution in [1.29, 1.82) is 0 Å². The molecule has 2 aromatic carbocycles. The van der Waals surface area contributed by atoms with Crippen LogP contribution in [0.3, 0.4) is 0 Å². The highest BCUT2D eigenvalue weighted by molar-refractivity contribution is 5.79. The SMILES string of the molecule is Cc1nc2ccc(Oc3ccc(F)cc3)cc2c(=O)n1C[C@H]1CCCNC1. The summed E-state index contributed by atoms with van der Waals surface area (Å²) in [5, 5.41) is 3.92. The molecule has 6 heteroatoms. The van der Waals surface area contributed by atoms with E-state index in [0.29, 0.717) is 34.9 Å². The van der Waals surface area contributed by atoms with Crippen LogP contribution in [0.15, 0.2) is 47.3 Å². The number of ether oxygens (including phenoxy) is 1. The highest BCUT2D eigenvalue weighted by atomic mass is 19.1. The molecule has 0 bridgehead atoms. The van der Waals surface area contributed by atoms with Crippen molar-refractivity contribution in [3.05, 3.63) is 64.5 Å². The van der Waals surface area contributed by atoms with E-state index in [1.165, 1.54) is 12.1 Å².